The van der Waals surface area contributed by atoms with E-state index in [-0.39, 0.29) is 12.3 Å². The van der Waals surface area contributed by atoms with Crippen molar-refractivity contribution in [3.05, 3.63) is 27.8 Å². The van der Waals surface area contributed by atoms with Crippen molar-refractivity contribution in [2.24, 2.45) is 5.73 Å². The minimum absolute atomic E-state index is 0.0575. The third-order valence-corrected chi connectivity index (χ3v) is 4.15. The number of aryl methyl sites for hydroxylation is 1. The van der Waals surface area contributed by atoms with Gasteiger partial charge in [0.15, 0.2) is 0 Å². The van der Waals surface area contributed by atoms with Crippen LogP contribution >= 0.6 is 11.6 Å². The van der Waals surface area contributed by atoms with Crippen LogP contribution in [0.25, 0.3) is 0 Å². The van der Waals surface area contributed by atoms with Crippen molar-refractivity contribution in [2.45, 2.75) is 38.0 Å². The van der Waals surface area contributed by atoms with Crippen molar-refractivity contribution >= 4 is 17.6 Å². The largest absolute Gasteiger partial charge is 0.506 e. The molecule has 1 aliphatic rings. The molecule has 19 heavy (non-hydrogen) atoms. The molecule has 1 aromatic carbocycles. The first-order valence-electron chi connectivity index (χ1n) is 6.52. The Hall–Kier alpha value is -1.26. The number of hydrogen-bond acceptors (Lipinski definition) is 3. The maximum absolute atomic E-state index is 11.2. The minimum atomic E-state index is -1.04. The average molecular weight is 284 g/mol. The molecular weight excluding hydrogens is 266 g/mol. The van der Waals surface area contributed by atoms with Crippen LogP contribution in [0.1, 0.15) is 41.9 Å². The SMILES string of the molecule is NCC(C(=O)O)c1cc2c(c(Cl)c1O)CCCCC2. The number of carboxylic acids is 1. The number of phenols is 1. The first kappa shape index (κ1) is 14.2. The highest BCUT2D eigenvalue weighted by Gasteiger charge is 2.26. The van der Waals surface area contributed by atoms with E-state index in [1.807, 2.05) is 0 Å². The van der Waals surface area contributed by atoms with Gasteiger partial charge in [-0.1, -0.05) is 24.1 Å². The molecule has 1 unspecified atom stereocenters. The molecule has 0 aromatic heterocycles. The Morgan fingerprint density at radius 2 is 2.05 bits per heavy atom. The van der Waals surface area contributed by atoms with Gasteiger partial charge in [0.05, 0.1) is 10.9 Å². The predicted octanol–water partition coefficient (Wildman–Crippen LogP) is 2.44. The molecule has 0 bridgehead atoms. The van der Waals surface area contributed by atoms with Crippen LogP contribution in [0.5, 0.6) is 5.75 Å². The summed E-state index contributed by atoms with van der Waals surface area (Å²) in [5, 5.41) is 19.6. The lowest BCUT2D eigenvalue weighted by Gasteiger charge is -2.18. The Bertz CT molecular complexity index is 502. The van der Waals surface area contributed by atoms with E-state index in [9.17, 15) is 9.90 Å². The molecule has 0 spiro atoms. The molecule has 0 radical (unpaired) electrons. The molecule has 0 saturated carbocycles. The van der Waals surface area contributed by atoms with Crippen molar-refractivity contribution in [1.82, 2.24) is 0 Å². The number of halogens is 1. The second kappa shape index (κ2) is 5.80. The quantitative estimate of drug-likeness (QED) is 0.744. The summed E-state index contributed by atoms with van der Waals surface area (Å²) in [6.07, 6.45) is 4.95. The van der Waals surface area contributed by atoms with Gasteiger partial charge in [-0.3, -0.25) is 4.79 Å². The van der Waals surface area contributed by atoms with Crippen molar-refractivity contribution in [3.8, 4) is 5.75 Å². The second-order valence-corrected chi connectivity index (χ2v) is 5.33. The number of aliphatic carboxylic acids is 1. The molecular formula is C14H18ClNO3. The van der Waals surface area contributed by atoms with E-state index >= 15 is 0 Å². The van der Waals surface area contributed by atoms with Crippen molar-refractivity contribution in [2.75, 3.05) is 6.54 Å². The molecule has 104 valence electrons. The summed E-state index contributed by atoms with van der Waals surface area (Å²) in [5.41, 5.74) is 7.84. The highest BCUT2D eigenvalue weighted by atomic mass is 35.5. The summed E-state index contributed by atoms with van der Waals surface area (Å²) < 4.78 is 0. The third-order valence-electron chi connectivity index (χ3n) is 3.75. The van der Waals surface area contributed by atoms with Crippen LogP contribution in [0.2, 0.25) is 5.02 Å². The van der Waals surface area contributed by atoms with Gasteiger partial charge in [0.2, 0.25) is 0 Å². The number of phenolic OH excluding ortho intramolecular Hbond substituents is 1. The lowest BCUT2D eigenvalue weighted by molar-refractivity contribution is -0.138. The summed E-state index contributed by atoms with van der Waals surface area (Å²) in [5.74, 6) is -2.08. The van der Waals surface area contributed by atoms with Gasteiger partial charge in [0.1, 0.15) is 5.75 Å². The predicted molar refractivity (Wildman–Crippen MR) is 73.8 cm³/mol. The van der Waals surface area contributed by atoms with Crippen LogP contribution in [0.15, 0.2) is 6.07 Å². The fourth-order valence-corrected chi connectivity index (χ4v) is 2.99. The highest BCUT2D eigenvalue weighted by Crippen LogP contribution is 2.39. The number of hydrogen-bond donors (Lipinski definition) is 3. The average Bonchev–Trinajstić information content (AvgIpc) is 2.61. The normalized spacial score (nSPS) is 16.5. The van der Waals surface area contributed by atoms with Gasteiger partial charge in [-0.2, -0.15) is 0 Å². The molecule has 5 heteroatoms. The lowest BCUT2D eigenvalue weighted by Crippen LogP contribution is -2.21. The van der Waals surface area contributed by atoms with Crippen LogP contribution in [-0.2, 0) is 17.6 Å². The fourth-order valence-electron chi connectivity index (χ4n) is 2.67. The fraction of sp³-hybridized carbons (Fsp3) is 0.500. The number of rotatable bonds is 3. The van der Waals surface area contributed by atoms with Crippen molar-refractivity contribution < 1.29 is 15.0 Å². The van der Waals surface area contributed by atoms with E-state index in [0.717, 1.165) is 43.2 Å². The van der Waals surface area contributed by atoms with Gasteiger partial charge in [-0.25, -0.2) is 0 Å². The summed E-state index contributed by atoms with van der Waals surface area (Å²) in [7, 11) is 0. The highest BCUT2D eigenvalue weighted by molar-refractivity contribution is 6.33. The summed E-state index contributed by atoms with van der Waals surface area (Å²) in [4.78, 5) is 11.2. The number of fused-ring (bicyclic) bond motifs is 1. The molecule has 1 aliphatic carbocycles. The maximum atomic E-state index is 11.2. The van der Waals surface area contributed by atoms with E-state index in [2.05, 4.69) is 0 Å². The van der Waals surface area contributed by atoms with Crippen molar-refractivity contribution in [1.29, 1.82) is 0 Å². The lowest BCUT2D eigenvalue weighted by atomic mass is 9.92. The zero-order valence-electron chi connectivity index (χ0n) is 10.7. The molecule has 1 atom stereocenters. The molecule has 0 fully saturated rings. The van der Waals surface area contributed by atoms with E-state index in [0.29, 0.717) is 10.6 Å². The Balaban J connectivity index is 2.54. The number of carboxylic acid groups (broad SMARTS) is 1. The maximum Gasteiger partial charge on any atom is 0.312 e. The van der Waals surface area contributed by atoms with Crippen LogP contribution in [0.4, 0.5) is 0 Å². The van der Waals surface area contributed by atoms with Gasteiger partial charge < -0.3 is 15.9 Å². The molecule has 0 aliphatic heterocycles. The second-order valence-electron chi connectivity index (χ2n) is 4.95. The summed E-state index contributed by atoms with van der Waals surface area (Å²) in [6, 6.07) is 1.77. The minimum Gasteiger partial charge on any atom is -0.506 e. The molecule has 4 N–H and O–H groups in total. The molecule has 4 nitrogen and oxygen atoms in total. The van der Waals surface area contributed by atoms with E-state index < -0.39 is 11.9 Å². The molecule has 1 aromatic rings. The molecule has 0 amide bonds. The first-order valence-corrected chi connectivity index (χ1v) is 6.90. The third kappa shape index (κ3) is 2.69. The van der Waals surface area contributed by atoms with Gasteiger partial charge in [0, 0.05) is 12.1 Å². The van der Waals surface area contributed by atoms with Crippen LogP contribution in [0.3, 0.4) is 0 Å². The standard InChI is InChI=1S/C14H18ClNO3/c15-12-9-5-3-1-2-4-8(9)6-10(13(12)17)11(7-16)14(18)19/h6,11,17H,1-5,7,16H2,(H,18,19). The summed E-state index contributed by atoms with van der Waals surface area (Å²) in [6.45, 7) is -0.0575. The Morgan fingerprint density at radius 3 is 2.68 bits per heavy atom. The zero-order valence-corrected chi connectivity index (χ0v) is 11.4. The van der Waals surface area contributed by atoms with Gasteiger partial charge in [-0.05, 0) is 36.8 Å². The van der Waals surface area contributed by atoms with Gasteiger partial charge in [-0.15, -0.1) is 0 Å². The summed E-state index contributed by atoms with van der Waals surface area (Å²) >= 11 is 6.21. The topological polar surface area (TPSA) is 83.6 Å². The zero-order chi connectivity index (χ0) is 14.0. The Morgan fingerprint density at radius 1 is 1.37 bits per heavy atom. The van der Waals surface area contributed by atoms with Crippen LogP contribution < -0.4 is 5.73 Å². The molecule has 0 heterocycles. The number of aromatic hydroxyl groups is 1. The number of nitrogens with two attached hydrogens (primary N) is 1. The van der Waals surface area contributed by atoms with Crippen molar-refractivity contribution in [3.63, 3.8) is 0 Å². The first-order chi connectivity index (χ1) is 9.06. The molecule has 2 rings (SSSR count). The van der Waals surface area contributed by atoms with Gasteiger partial charge in [0.25, 0.3) is 0 Å². The van der Waals surface area contributed by atoms with Crippen LogP contribution in [-0.4, -0.2) is 22.7 Å². The molecule has 0 saturated heterocycles. The van der Waals surface area contributed by atoms with E-state index in [1.165, 1.54) is 0 Å². The Labute approximate surface area is 117 Å². The number of benzene rings is 1. The van der Waals surface area contributed by atoms with E-state index in [1.54, 1.807) is 6.07 Å². The van der Waals surface area contributed by atoms with E-state index in [4.69, 9.17) is 22.4 Å². The number of carbonyl (C=O) groups is 1. The van der Waals surface area contributed by atoms with Gasteiger partial charge >= 0.3 is 5.97 Å². The smallest absolute Gasteiger partial charge is 0.312 e. The Kier molecular flexibility index (Phi) is 4.32. The van der Waals surface area contributed by atoms with Crippen LogP contribution in [0, 0.1) is 0 Å². The monoisotopic (exact) mass is 283 g/mol.